The van der Waals surface area contributed by atoms with Crippen molar-refractivity contribution in [1.29, 1.82) is 0 Å². The lowest BCUT2D eigenvalue weighted by Gasteiger charge is -2.32. The van der Waals surface area contributed by atoms with Crippen LogP contribution in [0.4, 0.5) is 5.69 Å². The van der Waals surface area contributed by atoms with Crippen LogP contribution in [0.2, 0.25) is 0 Å². The van der Waals surface area contributed by atoms with Crippen LogP contribution >= 0.6 is 11.3 Å². The molecule has 4 heterocycles. The number of carbonyl (C=O) groups is 1. The maximum absolute atomic E-state index is 13.0. The average Bonchev–Trinajstić information content (AvgIpc) is 3.02. The number of pyridine rings is 1. The Kier molecular flexibility index (Phi) is 4.32. The van der Waals surface area contributed by atoms with Gasteiger partial charge in [0.15, 0.2) is 0 Å². The Bertz CT molecular complexity index is 961. The molecule has 1 amide bonds. The van der Waals surface area contributed by atoms with Gasteiger partial charge in [-0.15, -0.1) is 16.4 Å². The molecule has 0 unspecified atom stereocenters. The van der Waals surface area contributed by atoms with Crippen LogP contribution in [0.25, 0.3) is 10.2 Å². The lowest BCUT2D eigenvalue weighted by molar-refractivity contribution is 0.0719. The van der Waals surface area contributed by atoms with Crippen molar-refractivity contribution in [1.82, 2.24) is 20.1 Å². The van der Waals surface area contributed by atoms with Crippen molar-refractivity contribution in [3.63, 3.8) is 0 Å². The average molecular weight is 367 g/mol. The van der Waals surface area contributed by atoms with Gasteiger partial charge in [-0.1, -0.05) is 0 Å². The van der Waals surface area contributed by atoms with Crippen LogP contribution in [0.1, 0.15) is 45.3 Å². The quantitative estimate of drug-likeness (QED) is 0.751. The SMILES string of the molecule is Cc1nnc2sc(C(=O)N3CCC(c4ccncc4)CC3)c(N)c2c1C. The lowest BCUT2D eigenvalue weighted by Crippen LogP contribution is -2.37. The molecule has 0 spiro atoms. The summed E-state index contributed by atoms with van der Waals surface area (Å²) in [5, 5.41) is 9.24. The summed E-state index contributed by atoms with van der Waals surface area (Å²) < 4.78 is 0. The van der Waals surface area contributed by atoms with Gasteiger partial charge in [-0.25, -0.2) is 0 Å². The number of amides is 1. The summed E-state index contributed by atoms with van der Waals surface area (Å²) in [6.07, 6.45) is 5.57. The minimum Gasteiger partial charge on any atom is -0.397 e. The predicted octanol–water partition coefficient (Wildman–Crippen LogP) is 3.31. The third-order valence-electron chi connectivity index (χ3n) is 5.29. The molecule has 0 bridgehead atoms. The van der Waals surface area contributed by atoms with E-state index in [0.717, 1.165) is 47.4 Å². The number of nitrogens with two attached hydrogens (primary N) is 1. The Morgan fingerprint density at radius 2 is 1.88 bits per heavy atom. The van der Waals surface area contributed by atoms with E-state index in [0.29, 0.717) is 16.5 Å². The lowest BCUT2D eigenvalue weighted by atomic mass is 9.90. The number of aryl methyl sites for hydroxylation is 2. The van der Waals surface area contributed by atoms with E-state index in [-0.39, 0.29) is 5.91 Å². The van der Waals surface area contributed by atoms with Crippen molar-refractivity contribution < 1.29 is 4.79 Å². The number of anilines is 1. The monoisotopic (exact) mass is 367 g/mol. The number of likely N-dealkylation sites (tertiary alicyclic amines) is 1. The number of nitrogens with zero attached hydrogens (tertiary/aromatic N) is 4. The number of hydrogen-bond acceptors (Lipinski definition) is 6. The van der Waals surface area contributed by atoms with Gasteiger partial charge in [0.25, 0.3) is 5.91 Å². The third-order valence-corrected chi connectivity index (χ3v) is 6.37. The fourth-order valence-electron chi connectivity index (χ4n) is 3.59. The number of fused-ring (bicyclic) bond motifs is 1. The molecular weight excluding hydrogens is 346 g/mol. The minimum atomic E-state index is 0.00994. The zero-order valence-corrected chi connectivity index (χ0v) is 15.7. The van der Waals surface area contributed by atoms with Crippen LogP contribution in [-0.2, 0) is 0 Å². The molecule has 4 rings (SSSR count). The summed E-state index contributed by atoms with van der Waals surface area (Å²) in [6.45, 7) is 5.36. The Balaban J connectivity index is 1.55. The first-order valence-corrected chi connectivity index (χ1v) is 9.59. The first-order chi connectivity index (χ1) is 12.6. The van der Waals surface area contributed by atoms with Gasteiger partial charge in [0, 0.05) is 30.9 Å². The zero-order chi connectivity index (χ0) is 18.3. The van der Waals surface area contributed by atoms with E-state index >= 15 is 0 Å². The van der Waals surface area contributed by atoms with Crippen molar-refractivity contribution in [2.24, 2.45) is 0 Å². The van der Waals surface area contributed by atoms with Crippen LogP contribution in [0.3, 0.4) is 0 Å². The smallest absolute Gasteiger partial charge is 0.266 e. The summed E-state index contributed by atoms with van der Waals surface area (Å²) in [7, 11) is 0. The van der Waals surface area contributed by atoms with Gasteiger partial charge in [0.1, 0.15) is 9.71 Å². The van der Waals surface area contributed by atoms with E-state index in [2.05, 4.69) is 27.3 Å². The topological polar surface area (TPSA) is 85.0 Å². The first-order valence-electron chi connectivity index (χ1n) is 8.77. The summed E-state index contributed by atoms with van der Waals surface area (Å²) in [4.78, 5) is 20.3. The number of thiophene rings is 1. The normalized spacial score (nSPS) is 15.5. The van der Waals surface area contributed by atoms with Crippen LogP contribution in [0, 0.1) is 13.8 Å². The third kappa shape index (κ3) is 2.82. The highest BCUT2D eigenvalue weighted by molar-refractivity contribution is 7.21. The molecule has 0 radical (unpaired) electrons. The van der Waals surface area contributed by atoms with Gasteiger partial charge < -0.3 is 10.6 Å². The second-order valence-corrected chi connectivity index (χ2v) is 7.78. The van der Waals surface area contributed by atoms with Crippen molar-refractivity contribution in [3.05, 3.63) is 46.2 Å². The van der Waals surface area contributed by atoms with Crippen molar-refractivity contribution in [2.45, 2.75) is 32.6 Å². The van der Waals surface area contributed by atoms with E-state index in [1.807, 2.05) is 31.1 Å². The first kappa shape index (κ1) is 16.9. The molecule has 1 fully saturated rings. The summed E-state index contributed by atoms with van der Waals surface area (Å²) in [5.74, 6) is 0.494. The Hall–Kier alpha value is -2.54. The number of rotatable bonds is 2. The van der Waals surface area contributed by atoms with Gasteiger partial charge in [0.2, 0.25) is 0 Å². The van der Waals surface area contributed by atoms with E-state index in [1.165, 1.54) is 16.9 Å². The summed E-state index contributed by atoms with van der Waals surface area (Å²) >= 11 is 1.35. The molecule has 0 atom stereocenters. The number of hydrogen-bond donors (Lipinski definition) is 1. The van der Waals surface area contributed by atoms with Gasteiger partial charge in [0.05, 0.1) is 11.4 Å². The largest absolute Gasteiger partial charge is 0.397 e. The summed E-state index contributed by atoms with van der Waals surface area (Å²) in [5.41, 5.74) is 10.0. The van der Waals surface area contributed by atoms with Gasteiger partial charge in [-0.05, 0) is 55.9 Å². The number of carbonyl (C=O) groups excluding carboxylic acids is 1. The highest BCUT2D eigenvalue weighted by Gasteiger charge is 2.28. The predicted molar refractivity (Wildman–Crippen MR) is 103 cm³/mol. The van der Waals surface area contributed by atoms with Crippen LogP contribution in [0.15, 0.2) is 24.5 Å². The zero-order valence-electron chi connectivity index (χ0n) is 14.9. The molecule has 0 aliphatic carbocycles. The fourth-order valence-corrected chi connectivity index (χ4v) is 4.66. The highest BCUT2D eigenvalue weighted by Crippen LogP contribution is 2.36. The van der Waals surface area contributed by atoms with E-state index in [9.17, 15) is 4.79 Å². The van der Waals surface area contributed by atoms with E-state index < -0.39 is 0 Å². The molecule has 1 aliphatic rings. The van der Waals surface area contributed by atoms with Crippen LogP contribution < -0.4 is 5.73 Å². The molecule has 7 heteroatoms. The van der Waals surface area contributed by atoms with Gasteiger partial charge in [-0.3, -0.25) is 9.78 Å². The number of aromatic nitrogens is 3. The maximum atomic E-state index is 13.0. The Morgan fingerprint density at radius 3 is 2.58 bits per heavy atom. The fraction of sp³-hybridized carbons (Fsp3) is 0.368. The molecule has 134 valence electrons. The van der Waals surface area contributed by atoms with E-state index in [4.69, 9.17) is 5.73 Å². The standard InChI is InChI=1S/C19H21N5OS/c1-11-12(2)22-23-18-15(11)16(20)17(26-18)19(25)24-9-5-14(6-10-24)13-3-7-21-8-4-13/h3-4,7-8,14H,5-6,9-10,20H2,1-2H3. The van der Waals surface area contributed by atoms with Crippen LogP contribution in [-0.4, -0.2) is 39.1 Å². The Labute approximate surface area is 156 Å². The second kappa shape index (κ2) is 6.64. The summed E-state index contributed by atoms with van der Waals surface area (Å²) in [6, 6.07) is 4.13. The maximum Gasteiger partial charge on any atom is 0.266 e. The van der Waals surface area contributed by atoms with Crippen molar-refractivity contribution >= 4 is 33.1 Å². The molecule has 6 nitrogen and oxygen atoms in total. The Morgan fingerprint density at radius 1 is 1.19 bits per heavy atom. The van der Waals surface area contributed by atoms with Crippen LogP contribution in [0.5, 0.6) is 0 Å². The molecule has 2 N–H and O–H groups in total. The molecule has 1 aliphatic heterocycles. The second-order valence-electron chi connectivity index (χ2n) is 6.78. The molecule has 26 heavy (non-hydrogen) atoms. The van der Waals surface area contributed by atoms with E-state index in [1.54, 1.807) is 0 Å². The molecule has 1 saturated heterocycles. The molecule has 3 aromatic rings. The van der Waals surface area contributed by atoms with Crippen molar-refractivity contribution in [2.75, 3.05) is 18.8 Å². The molecule has 3 aromatic heterocycles. The highest BCUT2D eigenvalue weighted by atomic mass is 32.1. The van der Waals surface area contributed by atoms with Crippen molar-refractivity contribution in [3.8, 4) is 0 Å². The van der Waals surface area contributed by atoms with Gasteiger partial charge in [-0.2, -0.15) is 5.10 Å². The molecular formula is C19H21N5OS. The minimum absolute atomic E-state index is 0.00994. The molecule has 0 aromatic carbocycles. The molecule has 0 saturated carbocycles. The van der Waals surface area contributed by atoms with Gasteiger partial charge >= 0.3 is 0 Å². The number of piperidine rings is 1. The number of nitrogen functional groups attached to an aromatic ring is 1.